The quantitative estimate of drug-likeness (QED) is 0.448. The molecule has 0 saturated heterocycles. The Balaban J connectivity index is 1.51. The molecular formula is C21H30N8O. The lowest BCUT2D eigenvalue weighted by Crippen LogP contribution is -2.30. The molecule has 4 rings (SSSR count). The Hall–Kier alpha value is -2.94. The maximum absolute atomic E-state index is 9.75. The van der Waals surface area contributed by atoms with Crippen LogP contribution in [0.5, 0.6) is 0 Å². The summed E-state index contributed by atoms with van der Waals surface area (Å²) in [4.78, 5) is 23.9. The highest BCUT2D eigenvalue weighted by atomic mass is 16.3. The predicted molar refractivity (Wildman–Crippen MR) is 119 cm³/mol. The lowest BCUT2D eigenvalue weighted by molar-refractivity contribution is 0.126. The number of aliphatic hydroxyl groups excluding tert-OH is 1. The number of fused-ring (bicyclic) bond motifs is 1. The van der Waals surface area contributed by atoms with Crippen LogP contribution in [0, 0.1) is 0 Å². The zero-order chi connectivity index (χ0) is 20.9. The van der Waals surface area contributed by atoms with Gasteiger partial charge in [-0.05, 0) is 51.7 Å². The molecule has 9 heteroatoms. The molecule has 160 valence electrons. The van der Waals surface area contributed by atoms with Gasteiger partial charge in [0.25, 0.3) is 0 Å². The Kier molecular flexibility index (Phi) is 6.27. The van der Waals surface area contributed by atoms with Gasteiger partial charge in [-0.3, -0.25) is 0 Å². The minimum absolute atomic E-state index is 0.186. The SMILES string of the molecule is CCN(CC)c1nc(NCc2nc3ccccc3[nH]2)nc(NC2CCC(O)CC2)n1. The number of benzene rings is 1. The summed E-state index contributed by atoms with van der Waals surface area (Å²) in [7, 11) is 0. The maximum atomic E-state index is 9.75. The highest BCUT2D eigenvalue weighted by molar-refractivity contribution is 5.74. The topological polar surface area (TPSA) is 115 Å². The van der Waals surface area contributed by atoms with Crippen molar-refractivity contribution >= 4 is 28.9 Å². The first kappa shape index (κ1) is 20.3. The summed E-state index contributed by atoms with van der Waals surface area (Å²) in [5, 5.41) is 16.5. The van der Waals surface area contributed by atoms with Gasteiger partial charge < -0.3 is 25.6 Å². The van der Waals surface area contributed by atoms with E-state index in [9.17, 15) is 5.11 Å². The molecule has 0 bridgehead atoms. The van der Waals surface area contributed by atoms with Gasteiger partial charge in [0, 0.05) is 19.1 Å². The summed E-state index contributed by atoms with van der Waals surface area (Å²) in [5.41, 5.74) is 1.95. The van der Waals surface area contributed by atoms with Crippen LogP contribution in [0.3, 0.4) is 0 Å². The largest absolute Gasteiger partial charge is 0.393 e. The van der Waals surface area contributed by atoms with Gasteiger partial charge in [-0.2, -0.15) is 15.0 Å². The van der Waals surface area contributed by atoms with Crippen LogP contribution in [-0.2, 0) is 6.54 Å². The molecule has 3 aromatic rings. The maximum Gasteiger partial charge on any atom is 0.231 e. The third-order valence-electron chi connectivity index (χ3n) is 5.55. The van der Waals surface area contributed by atoms with E-state index in [0.29, 0.717) is 24.4 Å². The second-order valence-electron chi connectivity index (χ2n) is 7.66. The van der Waals surface area contributed by atoms with Crippen LogP contribution in [-0.4, -0.2) is 55.3 Å². The van der Waals surface area contributed by atoms with Crippen LogP contribution >= 0.6 is 0 Å². The van der Waals surface area contributed by atoms with E-state index < -0.39 is 0 Å². The normalized spacial score (nSPS) is 19.0. The molecule has 4 N–H and O–H groups in total. The Morgan fingerprint density at radius 2 is 1.73 bits per heavy atom. The van der Waals surface area contributed by atoms with Gasteiger partial charge in [-0.15, -0.1) is 0 Å². The molecule has 30 heavy (non-hydrogen) atoms. The van der Waals surface area contributed by atoms with Crippen LogP contribution in [0.15, 0.2) is 24.3 Å². The predicted octanol–water partition coefficient (Wildman–Crippen LogP) is 2.92. The highest BCUT2D eigenvalue weighted by Crippen LogP contribution is 2.22. The van der Waals surface area contributed by atoms with Crippen molar-refractivity contribution in [1.82, 2.24) is 24.9 Å². The van der Waals surface area contributed by atoms with Crippen LogP contribution in [0.25, 0.3) is 11.0 Å². The fourth-order valence-corrected chi connectivity index (χ4v) is 3.81. The number of nitrogens with zero attached hydrogens (tertiary/aromatic N) is 5. The molecule has 1 aliphatic rings. The van der Waals surface area contributed by atoms with Crippen LogP contribution < -0.4 is 15.5 Å². The van der Waals surface area contributed by atoms with Crippen LogP contribution in [0.4, 0.5) is 17.8 Å². The molecule has 1 aliphatic carbocycles. The lowest BCUT2D eigenvalue weighted by atomic mass is 9.93. The van der Waals surface area contributed by atoms with E-state index in [1.807, 2.05) is 24.3 Å². The molecule has 2 heterocycles. The first-order valence-corrected chi connectivity index (χ1v) is 10.8. The molecule has 0 amide bonds. The molecule has 0 spiro atoms. The van der Waals surface area contributed by atoms with Crippen molar-refractivity contribution < 1.29 is 5.11 Å². The van der Waals surface area contributed by atoms with Crippen molar-refractivity contribution in [3.63, 3.8) is 0 Å². The van der Waals surface area contributed by atoms with Crippen molar-refractivity contribution in [2.24, 2.45) is 0 Å². The van der Waals surface area contributed by atoms with Crippen molar-refractivity contribution in [3.05, 3.63) is 30.1 Å². The lowest BCUT2D eigenvalue weighted by Gasteiger charge is -2.27. The molecule has 0 aliphatic heterocycles. The summed E-state index contributed by atoms with van der Waals surface area (Å²) < 4.78 is 0. The number of nitrogens with one attached hydrogen (secondary N) is 3. The minimum Gasteiger partial charge on any atom is -0.393 e. The first-order valence-electron chi connectivity index (χ1n) is 10.8. The average Bonchev–Trinajstić information content (AvgIpc) is 3.18. The summed E-state index contributed by atoms with van der Waals surface area (Å²) in [6, 6.07) is 8.23. The number of hydrogen-bond acceptors (Lipinski definition) is 8. The molecular weight excluding hydrogens is 380 g/mol. The number of aromatic amines is 1. The summed E-state index contributed by atoms with van der Waals surface area (Å²) in [6.07, 6.45) is 3.25. The standard InChI is InChI=1S/C21H30N8O/c1-3-29(4-2)21-27-19(22-13-18-24-16-7-5-6-8-17(16)25-18)26-20(28-21)23-14-9-11-15(30)12-10-14/h5-8,14-15,30H,3-4,9-13H2,1-2H3,(H,24,25)(H2,22,23,26,27,28). The Morgan fingerprint density at radius 3 is 2.47 bits per heavy atom. The molecule has 9 nitrogen and oxygen atoms in total. The van der Waals surface area contributed by atoms with E-state index in [0.717, 1.165) is 55.6 Å². The smallest absolute Gasteiger partial charge is 0.231 e. The number of para-hydroxylation sites is 2. The molecule has 1 saturated carbocycles. The Labute approximate surface area is 176 Å². The molecule has 1 fully saturated rings. The van der Waals surface area contributed by atoms with E-state index >= 15 is 0 Å². The van der Waals surface area contributed by atoms with Gasteiger partial charge >= 0.3 is 0 Å². The van der Waals surface area contributed by atoms with E-state index in [4.69, 9.17) is 0 Å². The van der Waals surface area contributed by atoms with Gasteiger partial charge in [0.2, 0.25) is 17.8 Å². The van der Waals surface area contributed by atoms with E-state index in [2.05, 4.69) is 54.3 Å². The Morgan fingerprint density at radius 1 is 1.00 bits per heavy atom. The first-order chi connectivity index (χ1) is 14.6. The van der Waals surface area contributed by atoms with E-state index in [-0.39, 0.29) is 12.1 Å². The number of aromatic nitrogens is 5. The number of H-pyrrole nitrogens is 1. The number of imidazole rings is 1. The monoisotopic (exact) mass is 410 g/mol. The van der Waals surface area contributed by atoms with Gasteiger partial charge in [0.1, 0.15) is 5.82 Å². The number of hydrogen-bond donors (Lipinski definition) is 4. The zero-order valence-corrected chi connectivity index (χ0v) is 17.6. The Bertz CT molecular complexity index is 930. The molecule has 0 radical (unpaired) electrons. The fourth-order valence-electron chi connectivity index (χ4n) is 3.81. The molecule has 1 aromatic carbocycles. The summed E-state index contributed by atoms with van der Waals surface area (Å²) in [5.74, 6) is 2.57. The van der Waals surface area contributed by atoms with Crippen LogP contribution in [0.1, 0.15) is 45.4 Å². The number of aliphatic hydroxyl groups is 1. The van der Waals surface area contributed by atoms with E-state index in [1.54, 1.807) is 0 Å². The van der Waals surface area contributed by atoms with Gasteiger partial charge in [-0.25, -0.2) is 4.98 Å². The molecule has 0 atom stereocenters. The highest BCUT2D eigenvalue weighted by Gasteiger charge is 2.21. The van der Waals surface area contributed by atoms with Crippen molar-refractivity contribution in [3.8, 4) is 0 Å². The number of rotatable bonds is 8. The minimum atomic E-state index is -0.186. The van der Waals surface area contributed by atoms with Gasteiger partial charge in [-0.1, -0.05) is 12.1 Å². The average molecular weight is 411 g/mol. The molecule has 0 unspecified atom stereocenters. The van der Waals surface area contributed by atoms with Crippen molar-refractivity contribution in [2.45, 2.75) is 58.2 Å². The van der Waals surface area contributed by atoms with Crippen molar-refractivity contribution in [1.29, 1.82) is 0 Å². The van der Waals surface area contributed by atoms with Crippen molar-refractivity contribution in [2.75, 3.05) is 28.6 Å². The number of anilines is 3. The zero-order valence-electron chi connectivity index (χ0n) is 17.6. The molecule has 2 aromatic heterocycles. The second kappa shape index (κ2) is 9.25. The third kappa shape index (κ3) is 4.79. The summed E-state index contributed by atoms with van der Waals surface area (Å²) >= 11 is 0. The van der Waals surface area contributed by atoms with Gasteiger partial charge in [0.05, 0.1) is 23.7 Å². The third-order valence-corrected chi connectivity index (χ3v) is 5.55. The fraction of sp³-hybridized carbons (Fsp3) is 0.524. The van der Waals surface area contributed by atoms with E-state index in [1.165, 1.54) is 0 Å². The second-order valence-corrected chi connectivity index (χ2v) is 7.66. The summed E-state index contributed by atoms with van der Waals surface area (Å²) in [6.45, 7) is 6.30. The van der Waals surface area contributed by atoms with Crippen LogP contribution in [0.2, 0.25) is 0 Å². The van der Waals surface area contributed by atoms with Gasteiger partial charge in [0.15, 0.2) is 0 Å².